The molecular formula is C22H20N3O7-. The van der Waals surface area contributed by atoms with E-state index in [0.29, 0.717) is 0 Å². The van der Waals surface area contributed by atoms with Gasteiger partial charge in [-0.3, -0.25) is 25.0 Å². The lowest BCUT2D eigenvalue weighted by molar-refractivity contribution is -0.398. The molecule has 1 N–H and O–H groups in total. The molecular weight excluding hydrogens is 418 g/mol. The van der Waals surface area contributed by atoms with Gasteiger partial charge in [0.15, 0.2) is 0 Å². The number of hydrogen-bond acceptors (Lipinski definition) is 7. The number of nitrogens with one attached hydrogen (secondary N) is 1. The number of amides is 4. The Bertz CT molecular complexity index is 1140. The molecule has 1 fully saturated rings. The molecule has 0 atom stereocenters. The highest BCUT2D eigenvalue weighted by atomic mass is 16.6. The molecule has 0 saturated carbocycles. The van der Waals surface area contributed by atoms with Gasteiger partial charge in [-0.1, -0.05) is 26.0 Å². The number of rotatable bonds is 6. The summed E-state index contributed by atoms with van der Waals surface area (Å²) in [5.74, 6) is -2.81. The number of benzene rings is 2. The van der Waals surface area contributed by atoms with E-state index in [-0.39, 0.29) is 29.5 Å². The third kappa shape index (κ3) is 4.29. The monoisotopic (exact) mass is 438 g/mol. The van der Waals surface area contributed by atoms with Crippen LogP contribution in [0.5, 0.6) is 11.5 Å². The third-order valence-electron chi connectivity index (χ3n) is 4.78. The van der Waals surface area contributed by atoms with Crippen LogP contribution in [0, 0.1) is 10.1 Å². The van der Waals surface area contributed by atoms with Crippen molar-refractivity contribution in [2.45, 2.75) is 26.7 Å². The summed E-state index contributed by atoms with van der Waals surface area (Å²) in [6, 6.07) is 7.94. The summed E-state index contributed by atoms with van der Waals surface area (Å²) in [7, 11) is 0. The molecule has 2 aromatic rings. The van der Waals surface area contributed by atoms with E-state index in [2.05, 4.69) is 5.32 Å². The number of urea groups is 1. The number of carbonyl (C=O) groups is 3. The third-order valence-corrected chi connectivity index (χ3v) is 4.78. The number of ether oxygens (including phenoxy) is 1. The van der Waals surface area contributed by atoms with Crippen molar-refractivity contribution < 1.29 is 29.2 Å². The number of hydrogen-bond donors (Lipinski definition) is 1. The summed E-state index contributed by atoms with van der Waals surface area (Å²) >= 11 is 0. The van der Waals surface area contributed by atoms with Crippen LogP contribution in [0.25, 0.3) is 6.08 Å². The van der Waals surface area contributed by atoms with Crippen LogP contribution < -0.4 is 20.1 Å². The Morgan fingerprint density at radius 1 is 1.16 bits per heavy atom. The average molecular weight is 438 g/mol. The number of nitrogens with zero attached hydrogens (tertiary/aromatic N) is 2. The standard InChI is InChI=1S/C22H21N3O7/c1-4-32-18-11-13(10-17(19(18)26)25(30)31)9-16-20(27)23-22(29)24(21(16)28)15-7-5-14(6-8-15)12(2)3/h5-12,26H,4H2,1-3H3,(H,23,27,29)/p-1/b16-9+. The first-order chi connectivity index (χ1) is 15.1. The van der Waals surface area contributed by atoms with Gasteiger partial charge in [0, 0.05) is 11.8 Å². The quantitative estimate of drug-likeness (QED) is 0.316. The van der Waals surface area contributed by atoms with Gasteiger partial charge in [0.1, 0.15) is 11.3 Å². The Balaban J connectivity index is 2.05. The Morgan fingerprint density at radius 3 is 2.38 bits per heavy atom. The second-order valence-electron chi connectivity index (χ2n) is 7.26. The molecule has 1 aliphatic rings. The predicted molar refractivity (Wildman–Crippen MR) is 113 cm³/mol. The van der Waals surface area contributed by atoms with Crippen LogP contribution >= 0.6 is 0 Å². The van der Waals surface area contributed by atoms with Crippen molar-refractivity contribution in [2.75, 3.05) is 11.5 Å². The maximum atomic E-state index is 13.0. The second-order valence-corrected chi connectivity index (χ2v) is 7.26. The molecule has 1 saturated heterocycles. The normalized spacial score (nSPS) is 15.3. The molecule has 0 aliphatic carbocycles. The molecule has 1 aliphatic heterocycles. The number of imide groups is 2. The minimum Gasteiger partial charge on any atom is -0.865 e. The molecule has 2 aromatic carbocycles. The highest BCUT2D eigenvalue weighted by Gasteiger charge is 2.37. The smallest absolute Gasteiger partial charge is 0.335 e. The van der Waals surface area contributed by atoms with E-state index in [1.807, 2.05) is 13.8 Å². The number of anilines is 1. The lowest BCUT2D eigenvalue weighted by Crippen LogP contribution is -2.54. The van der Waals surface area contributed by atoms with E-state index in [9.17, 15) is 29.6 Å². The minimum atomic E-state index is -0.957. The van der Waals surface area contributed by atoms with Crippen LogP contribution in [-0.2, 0) is 9.59 Å². The maximum absolute atomic E-state index is 13.0. The van der Waals surface area contributed by atoms with Crippen LogP contribution in [0.15, 0.2) is 42.0 Å². The molecule has 4 amide bonds. The van der Waals surface area contributed by atoms with Crippen LogP contribution in [0.2, 0.25) is 0 Å². The van der Waals surface area contributed by atoms with E-state index >= 15 is 0 Å². The Morgan fingerprint density at radius 2 is 1.81 bits per heavy atom. The molecule has 1 heterocycles. The van der Waals surface area contributed by atoms with Crippen LogP contribution in [0.4, 0.5) is 16.2 Å². The minimum absolute atomic E-state index is 0.0303. The van der Waals surface area contributed by atoms with Gasteiger partial charge in [-0.15, -0.1) is 0 Å². The topological polar surface area (TPSA) is 142 Å². The first-order valence-electron chi connectivity index (χ1n) is 9.77. The van der Waals surface area contributed by atoms with Gasteiger partial charge in [0.2, 0.25) is 0 Å². The van der Waals surface area contributed by atoms with E-state index in [1.54, 1.807) is 31.2 Å². The fourth-order valence-corrected chi connectivity index (χ4v) is 3.16. The van der Waals surface area contributed by atoms with Crippen molar-refractivity contribution in [1.29, 1.82) is 0 Å². The van der Waals surface area contributed by atoms with Crippen molar-refractivity contribution in [3.05, 3.63) is 63.2 Å². The Hall–Kier alpha value is -4.21. The van der Waals surface area contributed by atoms with Crippen molar-refractivity contribution in [2.24, 2.45) is 0 Å². The largest absolute Gasteiger partial charge is 0.865 e. The van der Waals surface area contributed by atoms with Gasteiger partial charge in [0.05, 0.1) is 17.2 Å². The highest BCUT2D eigenvalue weighted by Crippen LogP contribution is 2.36. The summed E-state index contributed by atoms with van der Waals surface area (Å²) in [5.41, 5.74) is 0.101. The molecule has 10 heteroatoms. The Kier molecular flexibility index (Phi) is 6.24. The summed E-state index contributed by atoms with van der Waals surface area (Å²) in [4.78, 5) is 48.9. The van der Waals surface area contributed by atoms with E-state index in [0.717, 1.165) is 22.6 Å². The predicted octanol–water partition coefficient (Wildman–Crippen LogP) is 2.86. The van der Waals surface area contributed by atoms with E-state index < -0.39 is 39.8 Å². The average Bonchev–Trinajstić information content (AvgIpc) is 2.73. The van der Waals surface area contributed by atoms with Crippen molar-refractivity contribution in [1.82, 2.24) is 5.32 Å². The highest BCUT2D eigenvalue weighted by molar-refractivity contribution is 6.39. The zero-order valence-electron chi connectivity index (χ0n) is 17.6. The molecule has 0 spiro atoms. The van der Waals surface area contributed by atoms with E-state index in [1.165, 1.54) is 6.07 Å². The van der Waals surface area contributed by atoms with Gasteiger partial charge in [0.25, 0.3) is 17.5 Å². The van der Waals surface area contributed by atoms with Crippen molar-refractivity contribution in [3.8, 4) is 11.5 Å². The number of barbiturate groups is 1. The zero-order chi connectivity index (χ0) is 23.6. The lowest BCUT2D eigenvalue weighted by Gasteiger charge is -2.26. The van der Waals surface area contributed by atoms with E-state index in [4.69, 9.17) is 4.74 Å². The fourth-order valence-electron chi connectivity index (χ4n) is 3.16. The summed E-state index contributed by atoms with van der Waals surface area (Å²) in [6.07, 6.45) is 1.08. The number of nitro groups is 1. The Labute approximate surface area is 183 Å². The lowest BCUT2D eigenvalue weighted by atomic mass is 10.0. The SMILES string of the molecule is CCOc1cc(/C=C2\C(=O)NC(=O)N(c3ccc(C(C)C)cc3)C2=O)cc([N+](=O)[O-])c1[O-]. The maximum Gasteiger partial charge on any atom is 0.335 e. The van der Waals surface area contributed by atoms with Gasteiger partial charge in [-0.25, -0.2) is 9.69 Å². The molecule has 10 nitrogen and oxygen atoms in total. The van der Waals surface area contributed by atoms with Gasteiger partial charge in [-0.2, -0.15) is 0 Å². The van der Waals surface area contributed by atoms with Crippen molar-refractivity contribution in [3.63, 3.8) is 0 Å². The van der Waals surface area contributed by atoms with Gasteiger partial charge in [-0.05, 0) is 48.2 Å². The number of nitro benzene ring substituents is 1. The van der Waals surface area contributed by atoms with Crippen molar-refractivity contribution >= 4 is 35.3 Å². The zero-order valence-corrected chi connectivity index (χ0v) is 17.6. The van der Waals surface area contributed by atoms with Crippen LogP contribution in [0.1, 0.15) is 37.8 Å². The van der Waals surface area contributed by atoms with Crippen LogP contribution in [-0.4, -0.2) is 29.4 Å². The second kappa shape index (κ2) is 8.88. The number of carbonyl (C=O) groups excluding carboxylic acids is 3. The molecule has 0 bridgehead atoms. The van der Waals surface area contributed by atoms with Gasteiger partial charge < -0.3 is 9.84 Å². The molecule has 0 aromatic heterocycles. The summed E-state index contributed by atoms with van der Waals surface area (Å²) < 4.78 is 5.15. The molecule has 166 valence electrons. The van der Waals surface area contributed by atoms with Crippen LogP contribution in [0.3, 0.4) is 0 Å². The summed E-state index contributed by atoms with van der Waals surface area (Å²) in [6.45, 7) is 5.68. The van der Waals surface area contributed by atoms with Gasteiger partial charge >= 0.3 is 6.03 Å². The molecule has 0 unspecified atom stereocenters. The summed E-state index contributed by atoms with van der Waals surface area (Å²) in [5, 5.41) is 25.5. The first-order valence-corrected chi connectivity index (χ1v) is 9.77. The molecule has 32 heavy (non-hydrogen) atoms. The molecule has 0 radical (unpaired) electrons. The fraction of sp³-hybridized carbons (Fsp3) is 0.227. The first kappa shape index (κ1) is 22.5. The molecule has 3 rings (SSSR count).